The van der Waals surface area contributed by atoms with Crippen LogP contribution in [0.2, 0.25) is 0 Å². The molecule has 0 fully saturated rings. The molecule has 152 valence electrons. The van der Waals surface area contributed by atoms with Crippen molar-refractivity contribution in [3.8, 4) is 0 Å². The predicted octanol–water partition coefficient (Wildman–Crippen LogP) is 4.03. The zero-order chi connectivity index (χ0) is 21.3. The summed E-state index contributed by atoms with van der Waals surface area (Å²) >= 11 is 1.07. The van der Waals surface area contributed by atoms with E-state index in [0.717, 1.165) is 22.5 Å². The first-order chi connectivity index (χ1) is 14.5. The molecule has 0 saturated carbocycles. The lowest BCUT2D eigenvalue weighted by molar-refractivity contribution is 0.0478. The molecule has 0 aliphatic rings. The number of aryl methyl sites for hydroxylation is 1. The van der Waals surface area contributed by atoms with Gasteiger partial charge in [0.2, 0.25) is 0 Å². The average Bonchev–Trinajstić information content (AvgIpc) is 3.09. The molecule has 0 aliphatic heterocycles. The summed E-state index contributed by atoms with van der Waals surface area (Å²) in [5.41, 5.74) is 1.32. The van der Waals surface area contributed by atoms with Crippen molar-refractivity contribution in [2.45, 2.75) is 26.5 Å². The number of hydrogen-bond donors (Lipinski definition) is 1. The van der Waals surface area contributed by atoms with Gasteiger partial charge in [-0.2, -0.15) is 0 Å². The largest absolute Gasteiger partial charge is 0.457 e. The molecule has 0 aliphatic carbocycles. The summed E-state index contributed by atoms with van der Waals surface area (Å²) in [6.07, 6.45) is 0. The molecule has 2 aromatic carbocycles. The highest BCUT2D eigenvalue weighted by Crippen LogP contribution is 2.28. The maximum atomic E-state index is 13.2. The van der Waals surface area contributed by atoms with E-state index in [9.17, 15) is 14.4 Å². The van der Waals surface area contributed by atoms with Crippen LogP contribution >= 0.6 is 11.3 Å². The van der Waals surface area contributed by atoms with Crippen LogP contribution in [0.4, 0.5) is 0 Å². The van der Waals surface area contributed by atoms with Crippen molar-refractivity contribution in [3.63, 3.8) is 0 Å². The molecule has 1 unspecified atom stereocenters. The number of benzene rings is 2. The van der Waals surface area contributed by atoms with Crippen LogP contribution in [-0.2, 0) is 11.3 Å². The number of nitrogens with one attached hydrogen (secondary N) is 1. The minimum absolute atomic E-state index is 0.138. The Morgan fingerprint density at radius 2 is 1.70 bits per heavy atom. The van der Waals surface area contributed by atoms with Crippen molar-refractivity contribution >= 4 is 27.5 Å². The zero-order valence-electron chi connectivity index (χ0n) is 16.5. The van der Waals surface area contributed by atoms with Gasteiger partial charge in [-0.15, -0.1) is 11.3 Å². The fraction of sp³-hybridized carbons (Fsp3) is 0.174. The Morgan fingerprint density at radius 3 is 2.37 bits per heavy atom. The first-order valence-electron chi connectivity index (χ1n) is 9.51. The lowest BCUT2D eigenvalue weighted by atomic mass is 10.1. The molecule has 4 aromatic rings. The van der Waals surface area contributed by atoms with Crippen LogP contribution in [0.25, 0.3) is 10.2 Å². The maximum Gasteiger partial charge on any atom is 0.349 e. The van der Waals surface area contributed by atoms with Gasteiger partial charge in [0, 0.05) is 0 Å². The minimum Gasteiger partial charge on any atom is -0.457 e. The third kappa shape index (κ3) is 3.59. The third-order valence-corrected chi connectivity index (χ3v) is 6.27. The molecule has 2 aromatic heterocycles. The van der Waals surface area contributed by atoms with Gasteiger partial charge in [-0.3, -0.25) is 14.3 Å². The highest BCUT2D eigenvalue weighted by molar-refractivity contribution is 7.20. The highest BCUT2D eigenvalue weighted by Gasteiger charge is 2.23. The molecule has 1 atom stereocenters. The SMILES string of the molecule is Cc1c(C(=O)OCc2ccccc2)sc2[nH]c(=O)n(C(C)c3ccccc3)c(=O)c12. The van der Waals surface area contributed by atoms with Crippen LogP contribution in [0.3, 0.4) is 0 Å². The van der Waals surface area contributed by atoms with E-state index in [1.54, 1.807) is 13.8 Å². The molecule has 4 rings (SSSR count). The molecule has 0 bridgehead atoms. The number of rotatable bonds is 5. The first-order valence-corrected chi connectivity index (χ1v) is 10.3. The van der Waals surface area contributed by atoms with E-state index < -0.39 is 23.3 Å². The number of thiophene rings is 1. The summed E-state index contributed by atoms with van der Waals surface area (Å²) in [6.45, 7) is 3.64. The quantitative estimate of drug-likeness (QED) is 0.495. The Bertz CT molecular complexity index is 1320. The third-order valence-electron chi connectivity index (χ3n) is 5.09. The van der Waals surface area contributed by atoms with Gasteiger partial charge in [0.05, 0.1) is 11.4 Å². The first kappa shape index (κ1) is 19.8. The standard InChI is InChI=1S/C23H20N2O4S/c1-14-18-20(30-19(14)22(27)29-13-16-9-5-3-6-10-16)24-23(28)25(21(18)26)15(2)17-11-7-4-8-12-17/h3-12,15H,13H2,1-2H3,(H,24,28). The Labute approximate surface area is 176 Å². The van der Waals surface area contributed by atoms with E-state index >= 15 is 0 Å². The van der Waals surface area contributed by atoms with Crippen molar-refractivity contribution in [1.29, 1.82) is 0 Å². The molecule has 7 heteroatoms. The van der Waals surface area contributed by atoms with E-state index in [1.165, 1.54) is 4.57 Å². The molecule has 0 radical (unpaired) electrons. The molecule has 0 spiro atoms. The van der Waals surface area contributed by atoms with E-state index in [4.69, 9.17) is 4.74 Å². The van der Waals surface area contributed by atoms with Crippen molar-refractivity contribution in [3.05, 3.63) is 103 Å². The zero-order valence-corrected chi connectivity index (χ0v) is 17.4. The fourth-order valence-electron chi connectivity index (χ4n) is 3.44. The number of H-pyrrole nitrogens is 1. The topological polar surface area (TPSA) is 81.2 Å². The van der Waals surface area contributed by atoms with Gasteiger partial charge in [0.15, 0.2) is 0 Å². The molecule has 0 amide bonds. The number of hydrogen-bond acceptors (Lipinski definition) is 5. The van der Waals surface area contributed by atoms with Crippen molar-refractivity contribution in [2.24, 2.45) is 0 Å². The fourth-order valence-corrected chi connectivity index (χ4v) is 4.53. The van der Waals surface area contributed by atoms with Gasteiger partial charge >= 0.3 is 11.7 Å². The number of aromatic amines is 1. The Kier molecular flexibility index (Phi) is 5.37. The van der Waals surface area contributed by atoms with E-state index in [1.807, 2.05) is 60.7 Å². The van der Waals surface area contributed by atoms with Gasteiger partial charge in [0.25, 0.3) is 5.56 Å². The maximum absolute atomic E-state index is 13.2. The van der Waals surface area contributed by atoms with Crippen molar-refractivity contribution < 1.29 is 9.53 Å². The van der Waals surface area contributed by atoms with Gasteiger partial charge in [-0.25, -0.2) is 9.59 Å². The number of fused-ring (bicyclic) bond motifs is 1. The molecule has 2 heterocycles. The van der Waals surface area contributed by atoms with Crippen LogP contribution in [0.1, 0.15) is 39.3 Å². The Morgan fingerprint density at radius 1 is 1.07 bits per heavy atom. The number of aromatic nitrogens is 2. The monoisotopic (exact) mass is 420 g/mol. The highest BCUT2D eigenvalue weighted by atomic mass is 32.1. The number of carbonyl (C=O) groups excluding carboxylic acids is 1. The number of carbonyl (C=O) groups is 1. The van der Waals surface area contributed by atoms with Gasteiger partial charge < -0.3 is 4.74 Å². The second-order valence-corrected chi connectivity index (χ2v) is 8.03. The Hall–Kier alpha value is -3.45. The van der Waals surface area contributed by atoms with Crippen molar-refractivity contribution in [2.75, 3.05) is 0 Å². The van der Waals surface area contributed by atoms with Crippen LogP contribution in [0, 0.1) is 6.92 Å². The van der Waals surface area contributed by atoms with Crippen LogP contribution in [0.5, 0.6) is 0 Å². The van der Waals surface area contributed by atoms with Crippen molar-refractivity contribution in [1.82, 2.24) is 9.55 Å². The van der Waals surface area contributed by atoms with E-state index in [-0.39, 0.29) is 6.61 Å². The minimum atomic E-state index is -0.513. The van der Waals surface area contributed by atoms with E-state index in [2.05, 4.69) is 4.98 Å². The lowest BCUT2D eigenvalue weighted by Gasteiger charge is -2.14. The summed E-state index contributed by atoms with van der Waals surface area (Å²) in [6, 6.07) is 18.3. The van der Waals surface area contributed by atoms with Gasteiger partial charge in [-0.1, -0.05) is 60.7 Å². The summed E-state index contributed by atoms with van der Waals surface area (Å²) in [4.78, 5) is 42.0. The summed E-state index contributed by atoms with van der Waals surface area (Å²) < 4.78 is 6.60. The molecule has 0 saturated heterocycles. The normalized spacial score (nSPS) is 12.1. The molecule has 6 nitrogen and oxygen atoms in total. The lowest BCUT2D eigenvalue weighted by Crippen LogP contribution is -2.37. The second-order valence-electron chi connectivity index (χ2n) is 7.01. The smallest absolute Gasteiger partial charge is 0.349 e. The summed E-state index contributed by atoms with van der Waals surface area (Å²) in [5, 5.41) is 0.342. The number of esters is 1. The molecular weight excluding hydrogens is 400 g/mol. The number of ether oxygens (including phenoxy) is 1. The number of nitrogens with zero attached hydrogens (tertiary/aromatic N) is 1. The van der Waals surface area contributed by atoms with E-state index in [0.29, 0.717) is 20.7 Å². The molecule has 30 heavy (non-hydrogen) atoms. The molecule has 1 N–H and O–H groups in total. The average molecular weight is 420 g/mol. The summed E-state index contributed by atoms with van der Waals surface area (Å²) in [5.74, 6) is -0.513. The van der Waals surface area contributed by atoms with Crippen LogP contribution in [-0.4, -0.2) is 15.5 Å². The molecular formula is C23H20N2O4S. The van der Waals surface area contributed by atoms with Gasteiger partial charge in [0.1, 0.15) is 16.3 Å². The summed E-state index contributed by atoms with van der Waals surface area (Å²) in [7, 11) is 0. The van der Waals surface area contributed by atoms with Crippen LogP contribution < -0.4 is 11.2 Å². The van der Waals surface area contributed by atoms with Gasteiger partial charge in [-0.05, 0) is 30.5 Å². The predicted molar refractivity (Wildman–Crippen MR) is 117 cm³/mol. The second kappa shape index (κ2) is 8.12. The Balaban J connectivity index is 1.72. The van der Waals surface area contributed by atoms with Crippen LogP contribution in [0.15, 0.2) is 70.3 Å².